The van der Waals surface area contributed by atoms with E-state index in [1.165, 1.54) is 6.92 Å². The second-order valence-electron chi connectivity index (χ2n) is 2.14. The highest BCUT2D eigenvalue weighted by atomic mass is 16.4. The van der Waals surface area contributed by atoms with Crippen LogP contribution in [0, 0.1) is 5.92 Å². The van der Waals surface area contributed by atoms with E-state index >= 15 is 0 Å². The number of aliphatic hydroxyl groups excluding tert-OH is 1. The van der Waals surface area contributed by atoms with Gasteiger partial charge in [0.05, 0.1) is 5.92 Å². The molecule has 2 N–H and O–H groups in total. The SMILES string of the molecule is CC(CC(=O)CO)C(=O)O. The Morgan fingerprint density at radius 2 is 2.00 bits per heavy atom. The standard InChI is InChI=1S/C6H10O4/c1-4(6(9)10)2-5(8)3-7/h4,7H,2-3H2,1H3,(H,9,10). The van der Waals surface area contributed by atoms with Crippen molar-refractivity contribution in [1.82, 2.24) is 0 Å². The van der Waals surface area contributed by atoms with Gasteiger partial charge in [0.15, 0.2) is 5.78 Å². The molecule has 0 bridgehead atoms. The van der Waals surface area contributed by atoms with E-state index in [1.54, 1.807) is 0 Å². The predicted molar refractivity (Wildman–Crippen MR) is 33.5 cm³/mol. The minimum absolute atomic E-state index is 0.0914. The van der Waals surface area contributed by atoms with Crippen LogP contribution in [-0.2, 0) is 9.59 Å². The van der Waals surface area contributed by atoms with Crippen LogP contribution >= 0.6 is 0 Å². The van der Waals surface area contributed by atoms with Crippen molar-refractivity contribution in [3.05, 3.63) is 0 Å². The number of aliphatic carboxylic acids is 1. The minimum atomic E-state index is -1.01. The van der Waals surface area contributed by atoms with Gasteiger partial charge in [-0.3, -0.25) is 9.59 Å². The Morgan fingerprint density at radius 3 is 2.30 bits per heavy atom. The van der Waals surface area contributed by atoms with Crippen LogP contribution in [-0.4, -0.2) is 28.6 Å². The molecule has 0 spiro atoms. The van der Waals surface area contributed by atoms with E-state index < -0.39 is 24.3 Å². The molecule has 0 saturated heterocycles. The molecule has 0 amide bonds. The molecule has 0 saturated carbocycles. The summed E-state index contributed by atoms with van der Waals surface area (Å²) in [6.07, 6.45) is -0.0914. The van der Waals surface area contributed by atoms with Crippen molar-refractivity contribution < 1.29 is 19.8 Å². The number of hydrogen-bond donors (Lipinski definition) is 2. The maximum Gasteiger partial charge on any atom is 0.306 e. The Bertz CT molecular complexity index is 141. The van der Waals surface area contributed by atoms with Gasteiger partial charge in [0, 0.05) is 6.42 Å². The van der Waals surface area contributed by atoms with Crippen molar-refractivity contribution >= 4 is 11.8 Å². The van der Waals surface area contributed by atoms with E-state index in [9.17, 15) is 9.59 Å². The maximum atomic E-state index is 10.4. The predicted octanol–water partition coefficient (Wildman–Crippen LogP) is -0.341. The summed E-state index contributed by atoms with van der Waals surface area (Å²) in [4.78, 5) is 20.5. The number of aliphatic hydroxyl groups is 1. The molecule has 0 aromatic carbocycles. The van der Waals surface area contributed by atoms with Gasteiger partial charge in [0.2, 0.25) is 0 Å². The molecule has 0 aromatic heterocycles. The zero-order valence-electron chi connectivity index (χ0n) is 5.70. The van der Waals surface area contributed by atoms with Crippen LogP contribution in [0.1, 0.15) is 13.3 Å². The van der Waals surface area contributed by atoms with E-state index in [4.69, 9.17) is 10.2 Å². The first kappa shape index (κ1) is 9.10. The third-order valence-electron chi connectivity index (χ3n) is 1.13. The second kappa shape index (κ2) is 4.00. The number of carbonyl (C=O) groups excluding carboxylic acids is 1. The summed E-state index contributed by atoms with van der Waals surface area (Å²) in [5.41, 5.74) is 0. The summed E-state index contributed by atoms with van der Waals surface area (Å²) >= 11 is 0. The summed E-state index contributed by atoms with van der Waals surface area (Å²) in [5.74, 6) is -2.14. The monoisotopic (exact) mass is 146 g/mol. The van der Waals surface area contributed by atoms with Gasteiger partial charge in [-0.1, -0.05) is 6.92 Å². The van der Waals surface area contributed by atoms with Crippen LogP contribution in [0.3, 0.4) is 0 Å². The topological polar surface area (TPSA) is 74.6 Å². The Hall–Kier alpha value is -0.900. The van der Waals surface area contributed by atoms with Gasteiger partial charge in [-0.05, 0) is 0 Å². The molecule has 0 aliphatic rings. The van der Waals surface area contributed by atoms with E-state index in [2.05, 4.69) is 0 Å². The molecule has 1 unspecified atom stereocenters. The van der Waals surface area contributed by atoms with Crippen molar-refractivity contribution in [2.75, 3.05) is 6.61 Å². The van der Waals surface area contributed by atoms with Gasteiger partial charge in [0.25, 0.3) is 0 Å². The summed E-state index contributed by atoms with van der Waals surface area (Å²) in [6, 6.07) is 0. The number of carbonyl (C=O) groups is 2. The van der Waals surface area contributed by atoms with E-state index in [0.29, 0.717) is 0 Å². The molecule has 0 rings (SSSR count). The first-order valence-electron chi connectivity index (χ1n) is 2.93. The highest BCUT2D eigenvalue weighted by molar-refractivity contribution is 5.84. The molecule has 4 heteroatoms. The van der Waals surface area contributed by atoms with Crippen LogP contribution in [0.2, 0.25) is 0 Å². The lowest BCUT2D eigenvalue weighted by atomic mass is 10.1. The fourth-order valence-electron chi connectivity index (χ4n) is 0.493. The van der Waals surface area contributed by atoms with Crippen LogP contribution in [0.4, 0.5) is 0 Å². The number of Topliss-reactive ketones (excluding diaryl/α,β-unsaturated/α-hetero) is 1. The number of carboxylic acids is 1. The van der Waals surface area contributed by atoms with Crippen LogP contribution in [0.5, 0.6) is 0 Å². The van der Waals surface area contributed by atoms with Gasteiger partial charge in [0.1, 0.15) is 6.61 Å². The van der Waals surface area contributed by atoms with Crippen molar-refractivity contribution in [3.8, 4) is 0 Å². The molecule has 0 aliphatic heterocycles. The molecular formula is C6H10O4. The van der Waals surface area contributed by atoms with Crippen LogP contribution < -0.4 is 0 Å². The number of carboxylic acid groups (broad SMARTS) is 1. The summed E-state index contributed by atoms with van der Waals surface area (Å²) in [7, 11) is 0. The molecule has 10 heavy (non-hydrogen) atoms. The van der Waals surface area contributed by atoms with Crippen molar-refractivity contribution in [2.24, 2.45) is 5.92 Å². The van der Waals surface area contributed by atoms with E-state index in [-0.39, 0.29) is 6.42 Å². The highest BCUT2D eigenvalue weighted by Crippen LogP contribution is 2.01. The van der Waals surface area contributed by atoms with Crippen molar-refractivity contribution in [2.45, 2.75) is 13.3 Å². The molecule has 58 valence electrons. The van der Waals surface area contributed by atoms with Crippen molar-refractivity contribution in [1.29, 1.82) is 0 Å². The Kier molecular flexibility index (Phi) is 3.64. The Labute approximate surface area is 58.5 Å². The summed E-state index contributed by atoms with van der Waals surface area (Å²) in [6.45, 7) is 0.855. The fourth-order valence-corrected chi connectivity index (χ4v) is 0.493. The molecular weight excluding hydrogens is 136 g/mol. The van der Waals surface area contributed by atoms with Crippen LogP contribution in [0.25, 0.3) is 0 Å². The van der Waals surface area contributed by atoms with Gasteiger partial charge < -0.3 is 10.2 Å². The molecule has 1 atom stereocenters. The third kappa shape index (κ3) is 3.19. The molecule has 0 heterocycles. The zero-order valence-corrected chi connectivity index (χ0v) is 5.70. The van der Waals surface area contributed by atoms with Gasteiger partial charge in [-0.25, -0.2) is 0 Å². The minimum Gasteiger partial charge on any atom is -0.481 e. The smallest absolute Gasteiger partial charge is 0.306 e. The highest BCUT2D eigenvalue weighted by Gasteiger charge is 2.14. The Balaban J connectivity index is 3.68. The third-order valence-corrected chi connectivity index (χ3v) is 1.13. The lowest BCUT2D eigenvalue weighted by molar-refractivity contribution is -0.143. The fraction of sp³-hybridized carbons (Fsp3) is 0.667. The van der Waals surface area contributed by atoms with Gasteiger partial charge >= 0.3 is 5.97 Å². The molecule has 0 aromatic rings. The molecule has 0 fully saturated rings. The maximum absolute atomic E-state index is 10.4. The van der Waals surface area contributed by atoms with E-state index in [1.807, 2.05) is 0 Å². The molecule has 0 radical (unpaired) electrons. The van der Waals surface area contributed by atoms with Crippen molar-refractivity contribution in [3.63, 3.8) is 0 Å². The lowest BCUT2D eigenvalue weighted by Crippen LogP contribution is -2.16. The Morgan fingerprint density at radius 1 is 1.50 bits per heavy atom. The summed E-state index contributed by atoms with van der Waals surface area (Å²) < 4.78 is 0. The van der Waals surface area contributed by atoms with E-state index in [0.717, 1.165) is 0 Å². The zero-order chi connectivity index (χ0) is 8.15. The summed E-state index contributed by atoms with van der Waals surface area (Å²) in [5, 5.41) is 16.5. The average Bonchev–Trinajstić information content (AvgIpc) is 1.87. The quantitative estimate of drug-likeness (QED) is 0.569. The largest absolute Gasteiger partial charge is 0.481 e. The van der Waals surface area contributed by atoms with Gasteiger partial charge in [-0.15, -0.1) is 0 Å². The first-order valence-corrected chi connectivity index (χ1v) is 2.93. The number of rotatable bonds is 4. The first-order chi connectivity index (χ1) is 4.57. The lowest BCUT2D eigenvalue weighted by Gasteiger charge is -2.01. The normalized spacial score (nSPS) is 12.6. The second-order valence-corrected chi connectivity index (χ2v) is 2.14. The van der Waals surface area contributed by atoms with Crippen LogP contribution in [0.15, 0.2) is 0 Å². The number of hydrogen-bond acceptors (Lipinski definition) is 3. The van der Waals surface area contributed by atoms with Gasteiger partial charge in [-0.2, -0.15) is 0 Å². The molecule has 0 aliphatic carbocycles. The average molecular weight is 146 g/mol. The number of ketones is 1. The molecule has 4 nitrogen and oxygen atoms in total.